The zero-order valence-electron chi connectivity index (χ0n) is 28.5. The van der Waals surface area contributed by atoms with Crippen molar-refractivity contribution in [1.29, 1.82) is 0 Å². The number of hydrogen-bond acceptors (Lipinski definition) is 8. The van der Waals surface area contributed by atoms with Gasteiger partial charge in [-0.25, -0.2) is 0 Å². The van der Waals surface area contributed by atoms with E-state index in [0.717, 1.165) is 59.7 Å². The molecule has 4 aliphatic carbocycles. The minimum atomic E-state index is -0.533. The molecule has 4 aliphatic rings. The Balaban J connectivity index is 0.000000176. The Labute approximate surface area is 284 Å². The Morgan fingerprint density at radius 1 is 0.681 bits per heavy atom. The van der Waals surface area contributed by atoms with Gasteiger partial charge in [0, 0.05) is 26.0 Å². The van der Waals surface area contributed by atoms with E-state index in [1.54, 1.807) is 24.3 Å². The van der Waals surface area contributed by atoms with E-state index in [1.165, 1.54) is 63.8 Å². The molecule has 2 aromatic rings. The zero-order chi connectivity index (χ0) is 34.2. The van der Waals surface area contributed by atoms with Gasteiger partial charge in [-0.15, -0.1) is 0 Å². The van der Waals surface area contributed by atoms with Gasteiger partial charge in [-0.3, -0.25) is 14.4 Å². The number of benzene rings is 2. The van der Waals surface area contributed by atoms with Crippen LogP contribution in [0.15, 0.2) is 48.5 Å². The third-order valence-electron chi connectivity index (χ3n) is 11.4. The monoisotopic (exact) mass is 670 g/mol. The molecule has 2 aromatic carbocycles. The Bertz CT molecular complexity index is 1320. The molecule has 0 amide bonds. The predicted octanol–water partition coefficient (Wildman–Crippen LogP) is 7.79. The number of rotatable bonds is 9. The SMILES string of the molecule is CC(=O)Oc1ccc(C(=O)Cl)cc1.CC(=O)Oc1ccc(OCOCC2CC3CC2C(C)C3C)cc1.CC1C2CC(CO)C(C2)C1C. The lowest BCUT2D eigenvalue weighted by molar-refractivity contribution is -0.132. The fourth-order valence-electron chi connectivity index (χ4n) is 8.49. The number of carbonyl (C=O) groups excluding carboxylic acids is 3. The molecular weight excluding hydrogens is 620 g/mol. The van der Waals surface area contributed by atoms with Crippen molar-refractivity contribution >= 4 is 28.8 Å². The van der Waals surface area contributed by atoms with E-state index in [1.807, 2.05) is 0 Å². The van der Waals surface area contributed by atoms with Crippen molar-refractivity contribution in [1.82, 2.24) is 0 Å². The molecule has 0 aliphatic heterocycles. The lowest BCUT2D eigenvalue weighted by Gasteiger charge is -2.31. The second-order valence-electron chi connectivity index (χ2n) is 14.0. The Morgan fingerprint density at radius 3 is 1.55 bits per heavy atom. The van der Waals surface area contributed by atoms with Crippen molar-refractivity contribution in [2.45, 2.75) is 67.2 Å². The molecule has 4 fully saturated rings. The Kier molecular flexibility index (Phi) is 13.3. The summed E-state index contributed by atoms with van der Waals surface area (Å²) in [6.07, 6.45) is 5.39. The van der Waals surface area contributed by atoms with E-state index in [0.29, 0.717) is 35.5 Å². The van der Waals surface area contributed by atoms with Gasteiger partial charge in [-0.1, -0.05) is 27.7 Å². The molecule has 4 bridgehead atoms. The summed E-state index contributed by atoms with van der Waals surface area (Å²) in [6.45, 7) is 13.7. The molecule has 47 heavy (non-hydrogen) atoms. The van der Waals surface area contributed by atoms with Crippen molar-refractivity contribution in [3.63, 3.8) is 0 Å². The van der Waals surface area contributed by atoms with Gasteiger partial charge in [-0.05, 0) is 145 Å². The molecule has 0 radical (unpaired) electrons. The summed E-state index contributed by atoms with van der Waals surface area (Å²) in [6, 6.07) is 13.0. The van der Waals surface area contributed by atoms with Crippen molar-refractivity contribution in [2.24, 2.45) is 59.2 Å². The molecule has 4 saturated carbocycles. The number of fused-ring (bicyclic) bond motifs is 4. The summed E-state index contributed by atoms with van der Waals surface area (Å²) in [5, 5.41) is 8.56. The summed E-state index contributed by atoms with van der Waals surface area (Å²) in [5.74, 6) is 9.27. The number of halogens is 1. The van der Waals surface area contributed by atoms with E-state index in [-0.39, 0.29) is 12.8 Å². The second-order valence-corrected chi connectivity index (χ2v) is 14.4. The molecule has 1 N–H and O–H groups in total. The van der Waals surface area contributed by atoms with E-state index in [9.17, 15) is 14.4 Å². The zero-order valence-corrected chi connectivity index (χ0v) is 29.3. The van der Waals surface area contributed by atoms with Gasteiger partial charge in [0.15, 0.2) is 6.79 Å². The van der Waals surface area contributed by atoms with Crippen LogP contribution in [0.1, 0.15) is 77.6 Å². The van der Waals surface area contributed by atoms with Crippen molar-refractivity contribution in [3.05, 3.63) is 54.1 Å². The molecule has 0 heterocycles. The van der Waals surface area contributed by atoms with Crippen LogP contribution in [0.3, 0.4) is 0 Å². The summed E-state index contributed by atoms with van der Waals surface area (Å²) in [5.41, 5.74) is 0.373. The van der Waals surface area contributed by atoms with Crippen molar-refractivity contribution < 1.29 is 38.4 Å². The smallest absolute Gasteiger partial charge is 0.308 e. The average molecular weight is 671 g/mol. The van der Waals surface area contributed by atoms with Crippen LogP contribution >= 0.6 is 11.6 Å². The normalized spacial score (nSPS) is 31.2. The number of aliphatic hydroxyl groups is 1. The first-order valence-electron chi connectivity index (χ1n) is 17.0. The van der Waals surface area contributed by atoms with Gasteiger partial charge in [0.25, 0.3) is 5.24 Å². The topological polar surface area (TPSA) is 108 Å². The average Bonchev–Trinajstić information content (AvgIpc) is 3.79. The maximum atomic E-state index is 10.9. The van der Waals surface area contributed by atoms with Crippen LogP contribution in [-0.2, 0) is 14.3 Å². The lowest BCUT2D eigenvalue weighted by atomic mass is 9.76. The highest BCUT2D eigenvalue weighted by atomic mass is 35.5. The molecular formula is C38H51ClO8. The number of carbonyl (C=O) groups is 3. The largest absolute Gasteiger partial charge is 0.468 e. The molecule has 10 atom stereocenters. The van der Waals surface area contributed by atoms with Gasteiger partial charge in [0.2, 0.25) is 0 Å². The van der Waals surface area contributed by atoms with Crippen molar-refractivity contribution in [3.8, 4) is 17.2 Å². The summed E-state index contributed by atoms with van der Waals surface area (Å²) in [7, 11) is 0. The fraction of sp³-hybridized carbons (Fsp3) is 0.605. The van der Waals surface area contributed by atoms with Gasteiger partial charge in [0.05, 0.1) is 6.61 Å². The third-order valence-corrected chi connectivity index (χ3v) is 11.6. The van der Waals surface area contributed by atoms with Crippen LogP contribution in [0.25, 0.3) is 0 Å². The van der Waals surface area contributed by atoms with Crippen LogP contribution in [-0.4, -0.2) is 42.3 Å². The first-order chi connectivity index (χ1) is 22.4. The highest BCUT2D eigenvalue weighted by Gasteiger charge is 2.49. The van der Waals surface area contributed by atoms with E-state index in [4.69, 9.17) is 35.7 Å². The first kappa shape index (κ1) is 36.9. The molecule has 0 saturated heterocycles. The molecule has 6 rings (SSSR count). The van der Waals surface area contributed by atoms with Crippen molar-refractivity contribution in [2.75, 3.05) is 20.0 Å². The van der Waals surface area contributed by atoms with E-state index >= 15 is 0 Å². The molecule has 258 valence electrons. The first-order valence-corrected chi connectivity index (χ1v) is 17.3. The van der Waals surface area contributed by atoms with E-state index < -0.39 is 11.2 Å². The third kappa shape index (κ3) is 9.80. The van der Waals surface area contributed by atoms with Gasteiger partial charge < -0.3 is 24.1 Å². The summed E-state index contributed by atoms with van der Waals surface area (Å²) in [4.78, 5) is 32.0. The fourth-order valence-corrected chi connectivity index (χ4v) is 8.62. The standard InChI is InChI=1S/C19H26O4.C10H18O.C9H7ClO3/c1-12-13(2)19-9-15(12)8-16(19)10-21-11-22-17-4-6-18(7-5-17)23-14(3)20;1-6-7(2)10-4-8(6)3-9(10)5-11;1-6(11)13-8-4-2-7(3-5-8)9(10)12/h4-7,12-13,15-16,19H,8-11H2,1-3H3;6-11H,3-5H2,1-2H3;2-5H,1H3. The molecule has 9 heteroatoms. The number of aliphatic hydroxyl groups excluding tert-OH is 1. The summed E-state index contributed by atoms with van der Waals surface area (Å²) < 4.78 is 21.1. The molecule has 10 unspecified atom stereocenters. The minimum Gasteiger partial charge on any atom is -0.468 e. The summed E-state index contributed by atoms with van der Waals surface area (Å²) >= 11 is 5.21. The number of ether oxygens (including phenoxy) is 4. The predicted molar refractivity (Wildman–Crippen MR) is 180 cm³/mol. The number of hydrogen-bond donors (Lipinski definition) is 1. The Hall–Kier alpha value is -2.94. The van der Waals surface area contributed by atoms with Gasteiger partial charge in [0.1, 0.15) is 17.2 Å². The van der Waals surface area contributed by atoms with Gasteiger partial charge in [-0.2, -0.15) is 0 Å². The molecule has 0 spiro atoms. The highest BCUT2D eigenvalue weighted by molar-refractivity contribution is 6.67. The van der Waals surface area contributed by atoms with Crippen LogP contribution in [0, 0.1) is 59.2 Å². The van der Waals surface area contributed by atoms with Crippen LogP contribution < -0.4 is 14.2 Å². The maximum absolute atomic E-state index is 10.9. The Morgan fingerprint density at radius 2 is 1.13 bits per heavy atom. The number of esters is 2. The quantitative estimate of drug-likeness (QED) is 0.0947. The molecule has 0 aromatic heterocycles. The highest BCUT2D eigenvalue weighted by Crippen LogP contribution is 2.55. The van der Waals surface area contributed by atoms with Gasteiger partial charge >= 0.3 is 11.9 Å². The molecule has 8 nitrogen and oxygen atoms in total. The second kappa shape index (κ2) is 16.9. The van der Waals surface area contributed by atoms with Crippen LogP contribution in [0.2, 0.25) is 0 Å². The maximum Gasteiger partial charge on any atom is 0.308 e. The lowest BCUT2D eigenvalue weighted by Crippen LogP contribution is -2.27. The van der Waals surface area contributed by atoms with Crippen LogP contribution in [0.5, 0.6) is 17.2 Å². The minimum absolute atomic E-state index is 0.269. The van der Waals surface area contributed by atoms with Crippen LogP contribution in [0.4, 0.5) is 0 Å². The van der Waals surface area contributed by atoms with E-state index in [2.05, 4.69) is 27.7 Å².